The molecule has 26 heavy (non-hydrogen) atoms. The first-order valence-electron chi connectivity index (χ1n) is 9.13. The van der Waals surface area contributed by atoms with Gasteiger partial charge in [0.15, 0.2) is 0 Å². The Hall–Kier alpha value is -1.40. The fraction of sp³-hybridized carbons (Fsp3) is 0.524. The summed E-state index contributed by atoms with van der Waals surface area (Å²) in [5.41, 5.74) is 2.68. The predicted molar refractivity (Wildman–Crippen MR) is 106 cm³/mol. The van der Waals surface area contributed by atoms with Crippen molar-refractivity contribution in [2.45, 2.75) is 25.3 Å². The van der Waals surface area contributed by atoms with E-state index in [0.717, 1.165) is 51.6 Å². The maximum atomic E-state index is 5.86. The molecule has 1 aliphatic rings. The van der Waals surface area contributed by atoms with Crippen molar-refractivity contribution in [3.05, 3.63) is 51.7 Å². The second-order valence-corrected chi connectivity index (χ2v) is 8.05. The molecule has 1 saturated heterocycles. The lowest BCUT2D eigenvalue weighted by molar-refractivity contribution is 0.113. The number of methoxy groups -OCH3 is 2. The number of thiophene rings is 1. The first-order chi connectivity index (χ1) is 12.7. The summed E-state index contributed by atoms with van der Waals surface area (Å²) in [6.45, 7) is 7.33. The summed E-state index contributed by atoms with van der Waals surface area (Å²) in [6.07, 6.45) is 1.03. The van der Waals surface area contributed by atoms with E-state index in [1.54, 1.807) is 14.2 Å². The van der Waals surface area contributed by atoms with Crippen LogP contribution in [0.5, 0.6) is 5.75 Å². The number of nitrogens with zero attached hydrogens (tertiary/aromatic N) is 1. The number of rotatable bonds is 9. The molecule has 2 heterocycles. The van der Waals surface area contributed by atoms with Crippen LogP contribution in [0, 0.1) is 6.92 Å². The molecule has 0 bridgehead atoms. The van der Waals surface area contributed by atoms with E-state index in [2.05, 4.69) is 41.5 Å². The van der Waals surface area contributed by atoms with Gasteiger partial charge in [-0.05, 0) is 48.1 Å². The minimum absolute atomic E-state index is 0.00739. The van der Waals surface area contributed by atoms with E-state index in [9.17, 15) is 0 Å². The summed E-state index contributed by atoms with van der Waals surface area (Å²) in [4.78, 5) is 3.94. The first kappa shape index (κ1) is 19.4. The maximum absolute atomic E-state index is 5.86. The standard InChI is InChI=1S/C21H29NO3S/c1-17-7-12-26-20(17)14-22(9-11-23-2)15-21(8-10-25-16-21)18-5-4-6-19(13-18)24-3/h4-7,12-13H,8-11,14-16H2,1-3H3/t21-/m0/s1. The van der Waals surface area contributed by atoms with Gasteiger partial charge in [0, 0.05) is 43.6 Å². The summed E-state index contributed by atoms with van der Waals surface area (Å²) < 4.78 is 16.7. The van der Waals surface area contributed by atoms with E-state index in [1.807, 2.05) is 17.4 Å². The van der Waals surface area contributed by atoms with Crippen LogP contribution in [0.3, 0.4) is 0 Å². The molecule has 1 aromatic carbocycles. The van der Waals surface area contributed by atoms with Crippen molar-refractivity contribution in [3.63, 3.8) is 0 Å². The highest BCUT2D eigenvalue weighted by molar-refractivity contribution is 7.10. The van der Waals surface area contributed by atoms with Crippen LogP contribution in [0.4, 0.5) is 0 Å². The second kappa shape index (κ2) is 9.00. The Balaban J connectivity index is 1.83. The Morgan fingerprint density at radius 3 is 2.81 bits per heavy atom. The SMILES string of the molecule is COCCN(Cc1sccc1C)C[C@@]1(c2cccc(OC)c2)CCOC1. The zero-order chi connectivity index (χ0) is 18.4. The molecule has 1 aromatic heterocycles. The van der Waals surface area contributed by atoms with Gasteiger partial charge in [0.05, 0.1) is 20.3 Å². The molecule has 0 aliphatic carbocycles. The van der Waals surface area contributed by atoms with Gasteiger partial charge in [0.1, 0.15) is 5.75 Å². The molecule has 0 radical (unpaired) electrons. The molecule has 0 saturated carbocycles. The van der Waals surface area contributed by atoms with E-state index in [-0.39, 0.29) is 5.41 Å². The van der Waals surface area contributed by atoms with Crippen molar-refractivity contribution in [1.29, 1.82) is 0 Å². The average Bonchev–Trinajstić information content (AvgIpc) is 3.30. The number of aryl methyl sites for hydroxylation is 1. The smallest absolute Gasteiger partial charge is 0.119 e. The zero-order valence-corrected chi connectivity index (χ0v) is 16.8. The predicted octanol–water partition coefficient (Wildman–Crippen LogP) is 3.87. The van der Waals surface area contributed by atoms with Crippen LogP contribution in [-0.2, 0) is 21.4 Å². The van der Waals surface area contributed by atoms with Crippen LogP contribution in [0.2, 0.25) is 0 Å². The normalized spacial score (nSPS) is 20.0. The Bertz CT molecular complexity index is 694. The van der Waals surface area contributed by atoms with Gasteiger partial charge in [-0.1, -0.05) is 12.1 Å². The van der Waals surface area contributed by atoms with Crippen LogP contribution in [0.15, 0.2) is 35.7 Å². The molecule has 0 amide bonds. The highest BCUT2D eigenvalue weighted by Crippen LogP contribution is 2.36. The third kappa shape index (κ3) is 4.46. The van der Waals surface area contributed by atoms with E-state index in [0.29, 0.717) is 0 Å². The van der Waals surface area contributed by atoms with Gasteiger partial charge in [-0.2, -0.15) is 0 Å². The van der Waals surface area contributed by atoms with Crippen LogP contribution < -0.4 is 4.74 Å². The van der Waals surface area contributed by atoms with E-state index < -0.39 is 0 Å². The highest BCUT2D eigenvalue weighted by atomic mass is 32.1. The molecule has 1 aliphatic heterocycles. The minimum Gasteiger partial charge on any atom is -0.497 e. The minimum atomic E-state index is 0.00739. The van der Waals surface area contributed by atoms with Gasteiger partial charge in [0.25, 0.3) is 0 Å². The van der Waals surface area contributed by atoms with Gasteiger partial charge in [-0.15, -0.1) is 11.3 Å². The third-order valence-corrected chi connectivity index (χ3v) is 6.27. The quantitative estimate of drug-likeness (QED) is 0.666. The summed E-state index contributed by atoms with van der Waals surface area (Å²) in [6, 6.07) is 10.7. The summed E-state index contributed by atoms with van der Waals surface area (Å²) in [7, 11) is 3.49. The molecule has 5 heteroatoms. The maximum Gasteiger partial charge on any atom is 0.119 e. The van der Waals surface area contributed by atoms with Crippen molar-refractivity contribution in [3.8, 4) is 5.75 Å². The molecular formula is C21H29NO3S. The van der Waals surface area contributed by atoms with Gasteiger partial charge in [-0.3, -0.25) is 4.90 Å². The first-order valence-corrected chi connectivity index (χ1v) is 10.0. The van der Waals surface area contributed by atoms with Gasteiger partial charge in [0.2, 0.25) is 0 Å². The Morgan fingerprint density at radius 2 is 2.15 bits per heavy atom. The van der Waals surface area contributed by atoms with E-state index in [4.69, 9.17) is 14.2 Å². The molecule has 1 atom stereocenters. The van der Waals surface area contributed by atoms with Gasteiger partial charge in [-0.25, -0.2) is 0 Å². The Kier molecular flexibility index (Phi) is 6.70. The molecular weight excluding hydrogens is 346 g/mol. The third-order valence-electron chi connectivity index (χ3n) is 5.26. The fourth-order valence-corrected chi connectivity index (χ4v) is 4.58. The van der Waals surface area contributed by atoms with Crippen LogP contribution in [0.1, 0.15) is 22.4 Å². The lowest BCUT2D eigenvalue weighted by Crippen LogP contribution is -2.42. The summed E-state index contributed by atoms with van der Waals surface area (Å²) in [5.74, 6) is 0.909. The molecule has 142 valence electrons. The zero-order valence-electron chi connectivity index (χ0n) is 16.0. The molecule has 3 rings (SSSR count). The molecule has 1 fully saturated rings. The number of hydrogen-bond acceptors (Lipinski definition) is 5. The number of hydrogen-bond donors (Lipinski definition) is 0. The highest BCUT2D eigenvalue weighted by Gasteiger charge is 2.38. The largest absolute Gasteiger partial charge is 0.497 e. The van der Waals surface area contributed by atoms with Crippen LogP contribution in [-0.4, -0.2) is 52.0 Å². The molecule has 4 nitrogen and oxygen atoms in total. The Labute approximate surface area is 160 Å². The molecule has 0 N–H and O–H groups in total. The molecule has 0 unspecified atom stereocenters. The monoisotopic (exact) mass is 375 g/mol. The second-order valence-electron chi connectivity index (χ2n) is 7.05. The van der Waals surface area contributed by atoms with Crippen molar-refractivity contribution in [1.82, 2.24) is 4.90 Å². The lowest BCUT2D eigenvalue weighted by atomic mass is 9.79. The molecule has 2 aromatic rings. The summed E-state index contributed by atoms with van der Waals surface area (Å²) in [5, 5.41) is 2.18. The summed E-state index contributed by atoms with van der Waals surface area (Å²) >= 11 is 1.84. The molecule has 0 spiro atoms. The van der Waals surface area contributed by atoms with Crippen molar-refractivity contribution < 1.29 is 14.2 Å². The van der Waals surface area contributed by atoms with E-state index >= 15 is 0 Å². The fourth-order valence-electron chi connectivity index (χ4n) is 3.64. The van der Waals surface area contributed by atoms with E-state index in [1.165, 1.54) is 16.0 Å². The van der Waals surface area contributed by atoms with Gasteiger partial charge >= 0.3 is 0 Å². The van der Waals surface area contributed by atoms with Crippen LogP contribution >= 0.6 is 11.3 Å². The van der Waals surface area contributed by atoms with Crippen molar-refractivity contribution >= 4 is 11.3 Å². The average molecular weight is 376 g/mol. The van der Waals surface area contributed by atoms with Crippen molar-refractivity contribution in [2.24, 2.45) is 0 Å². The number of benzene rings is 1. The number of ether oxygens (including phenoxy) is 3. The Morgan fingerprint density at radius 1 is 1.27 bits per heavy atom. The van der Waals surface area contributed by atoms with Crippen LogP contribution in [0.25, 0.3) is 0 Å². The lowest BCUT2D eigenvalue weighted by Gasteiger charge is -2.35. The van der Waals surface area contributed by atoms with Crippen molar-refractivity contribution in [2.75, 3.05) is 47.1 Å². The van der Waals surface area contributed by atoms with Gasteiger partial charge < -0.3 is 14.2 Å². The topological polar surface area (TPSA) is 30.9 Å².